The van der Waals surface area contributed by atoms with E-state index in [2.05, 4.69) is 40.7 Å². The summed E-state index contributed by atoms with van der Waals surface area (Å²) in [7, 11) is 0. The van der Waals surface area contributed by atoms with Gasteiger partial charge in [-0.05, 0) is 30.5 Å². The summed E-state index contributed by atoms with van der Waals surface area (Å²) in [4.78, 5) is 14.8. The van der Waals surface area contributed by atoms with Crippen LogP contribution >= 0.6 is 0 Å². The van der Waals surface area contributed by atoms with Crippen molar-refractivity contribution in [1.82, 2.24) is 9.58 Å². The summed E-state index contributed by atoms with van der Waals surface area (Å²) in [6, 6.07) is 22.5. The van der Waals surface area contributed by atoms with Crippen molar-refractivity contribution in [2.45, 2.75) is 25.4 Å². The Morgan fingerprint density at radius 2 is 1.60 bits per heavy atom. The van der Waals surface area contributed by atoms with Crippen LogP contribution in [0, 0.1) is 0 Å². The smallest absolute Gasteiger partial charge is 0.269 e. The molecule has 4 heteroatoms. The molecule has 0 radical (unpaired) electrons. The third-order valence-electron chi connectivity index (χ3n) is 4.95. The second-order valence-electron chi connectivity index (χ2n) is 6.73. The van der Waals surface area contributed by atoms with E-state index in [9.17, 15) is 4.79 Å². The van der Waals surface area contributed by atoms with Gasteiger partial charge < -0.3 is 5.43 Å². The Bertz CT molecular complexity index is 896. The normalized spacial score (nSPS) is 16.2. The van der Waals surface area contributed by atoms with Crippen molar-refractivity contribution in [3.8, 4) is 0 Å². The molecule has 0 saturated carbocycles. The summed E-state index contributed by atoms with van der Waals surface area (Å²) < 4.78 is 1.72. The zero-order valence-electron chi connectivity index (χ0n) is 14.3. The van der Waals surface area contributed by atoms with E-state index in [1.54, 1.807) is 10.7 Å². The molecule has 1 saturated heterocycles. The SMILES string of the molecule is O=c1ccc2ccccc2n1NC1CCN(Cc2ccccc2)CC1. The monoisotopic (exact) mass is 333 g/mol. The van der Waals surface area contributed by atoms with Gasteiger partial charge in [0.25, 0.3) is 5.56 Å². The Labute approximate surface area is 147 Å². The molecule has 0 unspecified atom stereocenters. The molecule has 2 heterocycles. The molecule has 0 spiro atoms. The number of likely N-dealkylation sites (tertiary alicyclic amines) is 1. The zero-order chi connectivity index (χ0) is 17.1. The molecule has 2 aromatic carbocycles. The molecule has 0 bridgehead atoms. The number of hydrogen-bond acceptors (Lipinski definition) is 3. The summed E-state index contributed by atoms with van der Waals surface area (Å²) in [5.41, 5.74) is 5.77. The lowest BCUT2D eigenvalue weighted by atomic mass is 10.0. The molecule has 0 amide bonds. The van der Waals surface area contributed by atoms with Crippen molar-refractivity contribution in [2.75, 3.05) is 18.5 Å². The Morgan fingerprint density at radius 1 is 0.880 bits per heavy atom. The molecule has 4 rings (SSSR count). The van der Waals surface area contributed by atoms with Crippen LogP contribution in [-0.4, -0.2) is 28.7 Å². The fourth-order valence-electron chi connectivity index (χ4n) is 3.56. The minimum atomic E-state index is 0.00501. The number of benzene rings is 2. The second kappa shape index (κ2) is 7.11. The van der Waals surface area contributed by atoms with Gasteiger partial charge in [0.15, 0.2) is 0 Å². The molecule has 4 nitrogen and oxygen atoms in total. The van der Waals surface area contributed by atoms with E-state index in [1.165, 1.54) is 5.56 Å². The Balaban J connectivity index is 1.42. The highest BCUT2D eigenvalue weighted by Crippen LogP contribution is 2.16. The van der Waals surface area contributed by atoms with Crippen molar-refractivity contribution in [2.24, 2.45) is 0 Å². The van der Waals surface area contributed by atoms with Gasteiger partial charge in [-0.15, -0.1) is 0 Å². The average molecular weight is 333 g/mol. The van der Waals surface area contributed by atoms with E-state index in [-0.39, 0.29) is 5.56 Å². The highest BCUT2D eigenvalue weighted by Gasteiger charge is 2.20. The third kappa shape index (κ3) is 3.59. The number of nitrogens with one attached hydrogen (secondary N) is 1. The lowest BCUT2D eigenvalue weighted by Gasteiger charge is -2.33. The Morgan fingerprint density at radius 3 is 2.40 bits per heavy atom. The van der Waals surface area contributed by atoms with Crippen molar-refractivity contribution >= 4 is 10.9 Å². The van der Waals surface area contributed by atoms with Crippen LogP contribution in [0.15, 0.2) is 71.5 Å². The molecule has 25 heavy (non-hydrogen) atoms. The minimum Gasteiger partial charge on any atom is -0.319 e. The predicted molar refractivity (Wildman–Crippen MR) is 102 cm³/mol. The van der Waals surface area contributed by atoms with E-state index in [4.69, 9.17) is 0 Å². The van der Waals surface area contributed by atoms with Gasteiger partial charge in [-0.1, -0.05) is 48.5 Å². The van der Waals surface area contributed by atoms with Crippen molar-refractivity contribution in [3.05, 3.63) is 82.6 Å². The van der Waals surface area contributed by atoms with Gasteiger partial charge in [0.05, 0.1) is 5.52 Å². The van der Waals surface area contributed by atoms with Crippen molar-refractivity contribution in [1.29, 1.82) is 0 Å². The maximum absolute atomic E-state index is 12.3. The lowest BCUT2D eigenvalue weighted by molar-refractivity contribution is 0.207. The first kappa shape index (κ1) is 15.9. The molecule has 1 aromatic heterocycles. The molecule has 0 atom stereocenters. The molecule has 1 fully saturated rings. The first-order valence-electron chi connectivity index (χ1n) is 8.93. The number of nitrogens with zero attached hydrogens (tertiary/aromatic N) is 2. The molecule has 1 aliphatic heterocycles. The second-order valence-corrected chi connectivity index (χ2v) is 6.73. The Hall–Kier alpha value is -2.59. The van der Waals surface area contributed by atoms with Crippen LogP contribution in [0.1, 0.15) is 18.4 Å². The molecule has 3 aromatic rings. The molecule has 128 valence electrons. The van der Waals surface area contributed by atoms with Crippen LogP contribution in [0.2, 0.25) is 0 Å². The maximum Gasteiger partial charge on any atom is 0.269 e. The van der Waals surface area contributed by atoms with Gasteiger partial charge in [-0.3, -0.25) is 9.69 Å². The minimum absolute atomic E-state index is 0.00501. The van der Waals surface area contributed by atoms with Gasteiger partial charge in [-0.2, -0.15) is 0 Å². The third-order valence-corrected chi connectivity index (χ3v) is 4.95. The first-order valence-corrected chi connectivity index (χ1v) is 8.93. The number of fused-ring (bicyclic) bond motifs is 1. The van der Waals surface area contributed by atoms with Crippen LogP contribution in [0.5, 0.6) is 0 Å². The summed E-state index contributed by atoms with van der Waals surface area (Å²) in [6.45, 7) is 3.10. The summed E-state index contributed by atoms with van der Waals surface area (Å²) in [5, 5.41) is 1.08. The number of rotatable bonds is 4. The van der Waals surface area contributed by atoms with Crippen molar-refractivity contribution < 1.29 is 0 Å². The van der Waals surface area contributed by atoms with Crippen LogP contribution in [0.25, 0.3) is 10.9 Å². The molecule has 0 aliphatic carbocycles. The summed E-state index contributed by atoms with van der Waals surface area (Å²) in [6.07, 6.45) is 2.09. The fraction of sp³-hybridized carbons (Fsp3) is 0.286. The van der Waals surface area contributed by atoms with Crippen molar-refractivity contribution in [3.63, 3.8) is 0 Å². The van der Waals surface area contributed by atoms with E-state index < -0.39 is 0 Å². The number of pyridine rings is 1. The quantitative estimate of drug-likeness (QED) is 0.797. The van der Waals surface area contributed by atoms with Gasteiger partial charge >= 0.3 is 0 Å². The van der Waals surface area contributed by atoms with Gasteiger partial charge in [-0.25, -0.2) is 4.68 Å². The predicted octanol–water partition coefficient (Wildman–Crippen LogP) is 3.21. The fourth-order valence-corrected chi connectivity index (χ4v) is 3.56. The van der Waals surface area contributed by atoms with Gasteiger partial charge in [0, 0.05) is 37.1 Å². The van der Waals surface area contributed by atoms with E-state index >= 15 is 0 Å². The molecule has 1 N–H and O–H groups in total. The van der Waals surface area contributed by atoms with E-state index in [0.717, 1.165) is 43.4 Å². The molecular weight excluding hydrogens is 310 g/mol. The van der Waals surface area contributed by atoms with Crippen LogP contribution in [0.4, 0.5) is 0 Å². The van der Waals surface area contributed by atoms with Gasteiger partial charge in [0.2, 0.25) is 0 Å². The van der Waals surface area contributed by atoms with Crippen LogP contribution < -0.4 is 11.0 Å². The highest BCUT2D eigenvalue weighted by atomic mass is 16.1. The number of aromatic nitrogens is 1. The maximum atomic E-state index is 12.3. The van der Waals surface area contributed by atoms with Gasteiger partial charge in [0.1, 0.15) is 0 Å². The summed E-state index contributed by atoms with van der Waals surface area (Å²) in [5.74, 6) is 0. The Kier molecular flexibility index (Phi) is 4.53. The zero-order valence-corrected chi connectivity index (χ0v) is 14.3. The number of piperidine rings is 1. The van der Waals surface area contributed by atoms with E-state index in [0.29, 0.717) is 6.04 Å². The van der Waals surface area contributed by atoms with Crippen LogP contribution in [-0.2, 0) is 6.54 Å². The average Bonchev–Trinajstić information content (AvgIpc) is 2.66. The highest BCUT2D eigenvalue weighted by molar-refractivity contribution is 5.78. The van der Waals surface area contributed by atoms with E-state index in [1.807, 2.05) is 30.3 Å². The molecular formula is C21H23N3O. The number of hydrogen-bond donors (Lipinski definition) is 1. The van der Waals surface area contributed by atoms with Crippen LogP contribution in [0.3, 0.4) is 0 Å². The standard InChI is InChI=1S/C21H23N3O/c25-21-11-10-18-8-4-5-9-20(18)24(21)22-19-12-14-23(15-13-19)16-17-6-2-1-3-7-17/h1-11,19,22H,12-16H2. The topological polar surface area (TPSA) is 37.3 Å². The molecule has 1 aliphatic rings. The largest absolute Gasteiger partial charge is 0.319 e. The first-order chi connectivity index (χ1) is 12.3. The number of para-hydroxylation sites is 1. The lowest BCUT2D eigenvalue weighted by Crippen LogP contribution is -2.43. The summed E-state index contributed by atoms with van der Waals surface area (Å²) >= 11 is 0.